The van der Waals surface area contributed by atoms with E-state index in [1.165, 1.54) is 0 Å². The van der Waals surface area contributed by atoms with Gasteiger partial charge in [-0.05, 0) is 30.0 Å². The quantitative estimate of drug-likeness (QED) is 0.909. The van der Waals surface area contributed by atoms with E-state index in [9.17, 15) is 4.79 Å². The molecule has 0 unspecified atom stereocenters. The number of nitrogens with two attached hydrogens (primary N) is 1. The summed E-state index contributed by atoms with van der Waals surface area (Å²) in [6.07, 6.45) is 4.53. The SMILES string of the molecule is CN1CC=C(N2CCC[C@@H](N)C2)N(Cc2ccccc2CC#N)C1=O. The number of hydrogen-bond donors (Lipinski definition) is 1. The molecule has 1 aromatic carbocycles. The zero-order valence-electron chi connectivity index (χ0n) is 14.7. The molecule has 6 heteroatoms. The topological polar surface area (TPSA) is 76.6 Å². The molecule has 0 spiro atoms. The molecule has 25 heavy (non-hydrogen) atoms. The lowest BCUT2D eigenvalue weighted by Crippen LogP contribution is -2.52. The molecule has 6 nitrogen and oxygen atoms in total. The number of carbonyl (C=O) groups is 1. The Morgan fingerprint density at radius 1 is 1.32 bits per heavy atom. The Labute approximate surface area is 149 Å². The van der Waals surface area contributed by atoms with Crippen molar-refractivity contribution < 1.29 is 4.79 Å². The highest BCUT2D eigenvalue weighted by Crippen LogP contribution is 2.25. The number of benzene rings is 1. The van der Waals surface area contributed by atoms with Gasteiger partial charge in [0.15, 0.2) is 0 Å². The minimum Gasteiger partial charge on any atom is -0.357 e. The number of likely N-dealkylation sites (N-methyl/N-ethyl adjacent to an activating group) is 1. The Morgan fingerprint density at radius 2 is 2.08 bits per heavy atom. The molecule has 1 saturated heterocycles. The Morgan fingerprint density at radius 3 is 2.80 bits per heavy atom. The van der Waals surface area contributed by atoms with Crippen LogP contribution in [0.5, 0.6) is 0 Å². The van der Waals surface area contributed by atoms with E-state index in [4.69, 9.17) is 11.0 Å². The number of urea groups is 1. The third kappa shape index (κ3) is 3.77. The van der Waals surface area contributed by atoms with Gasteiger partial charge in [0, 0.05) is 32.7 Å². The number of amides is 2. The Kier molecular flexibility index (Phi) is 5.25. The lowest BCUT2D eigenvalue weighted by molar-refractivity contribution is 0.132. The molecule has 0 radical (unpaired) electrons. The average molecular weight is 339 g/mol. The first-order valence-electron chi connectivity index (χ1n) is 8.77. The minimum absolute atomic E-state index is 0.0107. The first-order valence-corrected chi connectivity index (χ1v) is 8.77. The Balaban J connectivity index is 1.88. The van der Waals surface area contributed by atoms with Crippen LogP contribution in [-0.4, -0.2) is 53.5 Å². The molecule has 2 N–H and O–H groups in total. The van der Waals surface area contributed by atoms with Crippen LogP contribution in [0.2, 0.25) is 0 Å². The van der Waals surface area contributed by atoms with E-state index in [0.717, 1.165) is 42.9 Å². The second-order valence-electron chi connectivity index (χ2n) is 6.76. The molecule has 2 aliphatic heterocycles. The summed E-state index contributed by atoms with van der Waals surface area (Å²) in [4.78, 5) is 18.6. The van der Waals surface area contributed by atoms with Crippen LogP contribution in [-0.2, 0) is 13.0 Å². The zero-order valence-corrected chi connectivity index (χ0v) is 14.7. The van der Waals surface area contributed by atoms with Gasteiger partial charge in [0.05, 0.1) is 19.0 Å². The third-order valence-corrected chi connectivity index (χ3v) is 4.88. The van der Waals surface area contributed by atoms with Crippen LogP contribution in [0, 0.1) is 11.3 Å². The molecule has 3 rings (SSSR count). The molecule has 1 atom stereocenters. The number of nitriles is 1. The van der Waals surface area contributed by atoms with Gasteiger partial charge in [-0.3, -0.25) is 4.90 Å². The van der Waals surface area contributed by atoms with Crippen LogP contribution in [0.1, 0.15) is 24.0 Å². The van der Waals surface area contributed by atoms with Crippen LogP contribution in [0.15, 0.2) is 36.2 Å². The van der Waals surface area contributed by atoms with Crippen LogP contribution in [0.3, 0.4) is 0 Å². The van der Waals surface area contributed by atoms with Gasteiger partial charge >= 0.3 is 6.03 Å². The molecule has 1 aromatic rings. The van der Waals surface area contributed by atoms with Gasteiger partial charge in [0.2, 0.25) is 0 Å². The van der Waals surface area contributed by atoms with Crippen molar-refractivity contribution in [2.75, 3.05) is 26.7 Å². The fourth-order valence-corrected chi connectivity index (χ4v) is 3.52. The highest BCUT2D eigenvalue weighted by molar-refractivity contribution is 5.77. The predicted octanol–water partition coefficient (Wildman–Crippen LogP) is 1.88. The maximum absolute atomic E-state index is 12.8. The third-order valence-electron chi connectivity index (χ3n) is 4.88. The first kappa shape index (κ1) is 17.3. The van der Waals surface area contributed by atoms with Crippen molar-refractivity contribution in [3.63, 3.8) is 0 Å². The lowest BCUT2D eigenvalue weighted by atomic mass is 10.0. The van der Waals surface area contributed by atoms with Crippen molar-refractivity contribution in [2.45, 2.75) is 31.8 Å². The second-order valence-corrected chi connectivity index (χ2v) is 6.76. The summed E-state index contributed by atoms with van der Waals surface area (Å²) in [5, 5.41) is 9.06. The molecule has 0 saturated carbocycles. The van der Waals surface area contributed by atoms with E-state index in [-0.39, 0.29) is 12.1 Å². The minimum atomic E-state index is -0.0107. The summed E-state index contributed by atoms with van der Waals surface area (Å²) in [7, 11) is 1.81. The molecule has 2 amide bonds. The van der Waals surface area contributed by atoms with Crippen molar-refractivity contribution in [1.29, 1.82) is 5.26 Å². The summed E-state index contributed by atoms with van der Waals surface area (Å²) in [6.45, 7) is 2.78. The maximum Gasteiger partial charge on any atom is 0.325 e. The van der Waals surface area contributed by atoms with E-state index in [2.05, 4.69) is 17.0 Å². The first-order chi connectivity index (χ1) is 12.1. The van der Waals surface area contributed by atoms with E-state index >= 15 is 0 Å². The molecular weight excluding hydrogens is 314 g/mol. The summed E-state index contributed by atoms with van der Waals surface area (Å²) >= 11 is 0. The van der Waals surface area contributed by atoms with Gasteiger partial charge in [-0.2, -0.15) is 5.26 Å². The lowest BCUT2D eigenvalue weighted by Gasteiger charge is -2.42. The molecular formula is C19H25N5O. The van der Waals surface area contributed by atoms with Gasteiger partial charge in [-0.1, -0.05) is 24.3 Å². The van der Waals surface area contributed by atoms with E-state index in [1.807, 2.05) is 36.2 Å². The summed E-state index contributed by atoms with van der Waals surface area (Å²) in [5.41, 5.74) is 8.12. The van der Waals surface area contributed by atoms with Gasteiger partial charge < -0.3 is 15.5 Å². The smallest absolute Gasteiger partial charge is 0.325 e. The van der Waals surface area contributed by atoms with Crippen molar-refractivity contribution in [3.05, 3.63) is 47.3 Å². The van der Waals surface area contributed by atoms with E-state index in [1.54, 1.807) is 4.90 Å². The standard InChI is InChI=1S/C19H25N5O/c1-22-12-9-18(23-11-4-7-17(21)14-23)24(19(22)25)13-16-6-3-2-5-15(16)8-10-20/h2-3,5-6,9,17H,4,7-8,11-14,21H2,1H3/t17-/m1/s1. The highest BCUT2D eigenvalue weighted by Gasteiger charge is 2.31. The van der Waals surface area contributed by atoms with Crippen molar-refractivity contribution in [3.8, 4) is 6.07 Å². The maximum atomic E-state index is 12.8. The number of nitrogens with zero attached hydrogens (tertiary/aromatic N) is 4. The van der Waals surface area contributed by atoms with E-state index < -0.39 is 0 Å². The molecule has 2 heterocycles. The van der Waals surface area contributed by atoms with Gasteiger partial charge in [-0.25, -0.2) is 4.79 Å². The van der Waals surface area contributed by atoms with Crippen LogP contribution in [0.25, 0.3) is 0 Å². The van der Waals surface area contributed by atoms with Crippen LogP contribution in [0.4, 0.5) is 4.79 Å². The predicted molar refractivity (Wildman–Crippen MR) is 96.2 cm³/mol. The summed E-state index contributed by atoms with van der Waals surface area (Å²) in [5.74, 6) is 0.949. The number of likely N-dealkylation sites (tertiary alicyclic amines) is 1. The second kappa shape index (κ2) is 7.58. The van der Waals surface area contributed by atoms with Crippen LogP contribution < -0.4 is 5.73 Å². The Hall–Kier alpha value is -2.52. The molecule has 0 aliphatic carbocycles. The van der Waals surface area contributed by atoms with Crippen molar-refractivity contribution in [2.24, 2.45) is 5.73 Å². The summed E-state index contributed by atoms with van der Waals surface area (Å²) < 4.78 is 0. The molecule has 0 aromatic heterocycles. The number of hydrogen-bond acceptors (Lipinski definition) is 4. The molecule has 2 aliphatic rings. The van der Waals surface area contributed by atoms with Gasteiger partial charge in [0.1, 0.15) is 5.82 Å². The fraction of sp³-hybridized carbons (Fsp3) is 0.474. The zero-order chi connectivity index (χ0) is 17.8. The monoisotopic (exact) mass is 339 g/mol. The normalized spacial score (nSPS) is 21.2. The van der Waals surface area contributed by atoms with Crippen molar-refractivity contribution in [1.82, 2.24) is 14.7 Å². The highest BCUT2D eigenvalue weighted by atomic mass is 16.2. The van der Waals surface area contributed by atoms with E-state index in [0.29, 0.717) is 19.5 Å². The molecule has 1 fully saturated rings. The number of piperidine rings is 1. The Bertz CT molecular complexity index is 708. The molecule has 0 bridgehead atoms. The number of rotatable bonds is 4. The summed E-state index contributed by atoms with van der Waals surface area (Å²) in [6, 6.07) is 10.2. The fourth-order valence-electron chi connectivity index (χ4n) is 3.52. The van der Waals surface area contributed by atoms with Crippen LogP contribution >= 0.6 is 0 Å². The van der Waals surface area contributed by atoms with Gasteiger partial charge in [-0.15, -0.1) is 0 Å². The number of carbonyl (C=O) groups excluding carboxylic acids is 1. The largest absolute Gasteiger partial charge is 0.357 e. The van der Waals surface area contributed by atoms with Gasteiger partial charge in [0.25, 0.3) is 0 Å². The van der Waals surface area contributed by atoms with Crippen molar-refractivity contribution >= 4 is 6.03 Å². The molecule has 132 valence electrons. The average Bonchev–Trinajstić information content (AvgIpc) is 2.61.